The van der Waals surface area contributed by atoms with E-state index in [-0.39, 0.29) is 12.5 Å². The maximum absolute atomic E-state index is 12.7. The molecular formula is C19H17NO4. The number of rotatable bonds is 3. The van der Waals surface area contributed by atoms with Gasteiger partial charge in [0.15, 0.2) is 5.54 Å². The number of fused-ring (bicyclic) bond motifs is 3. The molecule has 1 aliphatic carbocycles. The second kappa shape index (κ2) is 5.37. The van der Waals surface area contributed by atoms with Crippen LogP contribution >= 0.6 is 0 Å². The lowest BCUT2D eigenvalue weighted by Gasteiger charge is -2.45. The SMILES string of the molecule is O=C(OCc1ccccc1)N1c2ccccc2C2CCC21C(=O)O. The zero-order valence-corrected chi connectivity index (χ0v) is 13.0. The quantitative estimate of drug-likeness (QED) is 0.938. The molecular weight excluding hydrogens is 306 g/mol. The number of aliphatic carboxylic acids is 1. The van der Waals surface area contributed by atoms with Crippen LogP contribution in [0.25, 0.3) is 0 Å². The normalized spacial score (nSPS) is 23.8. The number of carbonyl (C=O) groups is 2. The largest absolute Gasteiger partial charge is 0.479 e. The minimum absolute atomic E-state index is 0.124. The highest BCUT2D eigenvalue weighted by molar-refractivity contribution is 6.03. The van der Waals surface area contributed by atoms with Gasteiger partial charge in [-0.3, -0.25) is 4.90 Å². The molecule has 4 rings (SSSR count). The van der Waals surface area contributed by atoms with Crippen molar-refractivity contribution in [2.75, 3.05) is 4.90 Å². The first-order valence-electron chi connectivity index (χ1n) is 7.98. The molecule has 1 heterocycles. The van der Waals surface area contributed by atoms with Gasteiger partial charge in [-0.2, -0.15) is 0 Å². The summed E-state index contributed by atoms with van der Waals surface area (Å²) in [6, 6.07) is 16.8. The molecule has 122 valence electrons. The van der Waals surface area contributed by atoms with Crippen molar-refractivity contribution in [1.29, 1.82) is 0 Å². The Morgan fingerprint density at radius 3 is 2.50 bits per heavy atom. The number of nitrogens with zero attached hydrogens (tertiary/aromatic N) is 1. The molecule has 2 unspecified atom stereocenters. The molecule has 2 aromatic carbocycles. The number of carboxylic acid groups (broad SMARTS) is 1. The summed E-state index contributed by atoms with van der Waals surface area (Å²) in [4.78, 5) is 26.1. The van der Waals surface area contributed by atoms with Crippen molar-refractivity contribution < 1.29 is 19.4 Å². The van der Waals surface area contributed by atoms with Crippen LogP contribution in [-0.4, -0.2) is 22.7 Å². The molecule has 0 aromatic heterocycles. The summed E-state index contributed by atoms with van der Waals surface area (Å²) in [6.07, 6.45) is 0.615. The van der Waals surface area contributed by atoms with Crippen molar-refractivity contribution in [1.82, 2.24) is 0 Å². The first-order chi connectivity index (χ1) is 11.6. The Morgan fingerprint density at radius 2 is 1.83 bits per heavy atom. The minimum Gasteiger partial charge on any atom is -0.479 e. The molecule has 24 heavy (non-hydrogen) atoms. The maximum atomic E-state index is 12.7. The van der Waals surface area contributed by atoms with E-state index >= 15 is 0 Å². The van der Waals surface area contributed by atoms with Crippen LogP contribution in [0.5, 0.6) is 0 Å². The molecule has 0 spiro atoms. The second-order valence-corrected chi connectivity index (χ2v) is 6.26. The van der Waals surface area contributed by atoms with E-state index in [1.54, 1.807) is 6.07 Å². The van der Waals surface area contributed by atoms with Gasteiger partial charge in [0.25, 0.3) is 0 Å². The Kier molecular flexibility index (Phi) is 3.30. The van der Waals surface area contributed by atoms with Gasteiger partial charge in [-0.15, -0.1) is 0 Å². The van der Waals surface area contributed by atoms with Crippen LogP contribution in [0.3, 0.4) is 0 Å². The van der Waals surface area contributed by atoms with Gasteiger partial charge in [0.05, 0.1) is 5.69 Å². The molecule has 5 nitrogen and oxygen atoms in total. The Balaban J connectivity index is 1.64. The van der Waals surface area contributed by atoms with E-state index in [2.05, 4.69) is 0 Å². The fourth-order valence-corrected chi connectivity index (χ4v) is 3.84. The molecule has 1 fully saturated rings. The van der Waals surface area contributed by atoms with E-state index in [0.29, 0.717) is 12.1 Å². The van der Waals surface area contributed by atoms with Crippen LogP contribution in [0.4, 0.5) is 10.5 Å². The van der Waals surface area contributed by atoms with Gasteiger partial charge < -0.3 is 9.84 Å². The smallest absolute Gasteiger partial charge is 0.415 e. The Bertz CT molecular complexity index is 804. The predicted molar refractivity (Wildman–Crippen MR) is 87.9 cm³/mol. The number of carboxylic acids is 1. The van der Waals surface area contributed by atoms with E-state index < -0.39 is 17.6 Å². The molecule has 1 saturated carbocycles. The molecule has 1 aliphatic heterocycles. The minimum atomic E-state index is -1.20. The van der Waals surface area contributed by atoms with Crippen molar-refractivity contribution in [2.45, 2.75) is 30.9 Å². The number of hydrogen-bond acceptors (Lipinski definition) is 3. The average molecular weight is 323 g/mol. The van der Waals surface area contributed by atoms with Crippen LogP contribution in [0, 0.1) is 0 Å². The molecule has 0 radical (unpaired) electrons. The van der Waals surface area contributed by atoms with Crippen LogP contribution in [0.15, 0.2) is 54.6 Å². The molecule has 1 amide bonds. The fraction of sp³-hybridized carbons (Fsp3) is 0.263. The van der Waals surface area contributed by atoms with Crippen molar-refractivity contribution in [3.8, 4) is 0 Å². The highest BCUT2D eigenvalue weighted by atomic mass is 16.6. The average Bonchev–Trinajstić information content (AvgIpc) is 2.77. The summed E-state index contributed by atoms with van der Waals surface area (Å²) in [5, 5.41) is 9.82. The lowest BCUT2D eigenvalue weighted by atomic mass is 9.65. The summed E-state index contributed by atoms with van der Waals surface area (Å²) < 4.78 is 5.42. The predicted octanol–water partition coefficient (Wildman–Crippen LogP) is 3.54. The summed E-state index contributed by atoms with van der Waals surface area (Å²) in [5.41, 5.74) is 1.24. The van der Waals surface area contributed by atoms with Crippen molar-refractivity contribution in [2.24, 2.45) is 0 Å². The number of para-hydroxylation sites is 1. The summed E-state index contributed by atoms with van der Waals surface area (Å²) in [6.45, 7) is 0.124. The van der Waals surface area contributed by atoms with Crippen molar-refractivity contribution >= 4 is 17.7 Å². The third-order valence-electron chi connectivity index (χ3n) is 5.10. The number of benzene rings is 2. The van der Waals surface area contributed by atoms with E-state index in [1.165, 1.54) is 4.90 Å². The standard InChI is InChI=1S/C19H17NO4/c21-17(22)19-11-10-15(19)14-8-4-5-9-16(14)20(19)18(23)24-12-13-6-2-1-3-7-13/h1-9,15H,10-12H2,(H,21,22). The van der Waals surface area contributed by atoms with Crippen LogP contribution in [0.1, 0.15) is 29.9 Å². The number of hydrogen-bond donors (Lipinski definition) is 1. The molecule has 2 aliphatic rings. The third kappa shape index (κ3) is 1.94. The third-order valence-corrected chi connectivity index (χ3v) is 5.10. The highest BCUT2D eigenvalue weighted by Crippen LogP contribution is 2.59. The number of anilines is 1. The van der Waals surface area contributed by atoms with Crippen LogP contribution < -0.4 is 4.90 Å². The lowest BCUT2D eigenvalue weighted by molar-refractivity contribution is -0.147. The lowest BCUT2D eigenvalue weighted by Crippen LogP contribution is -2.62. The van der Waals surface area contributed by atoms with E-state index in [1.807, 2.05) is 48.5 Å². The van der Waals surface area contributed by atoms with E-state index in [4.69, 9.17) is 4.74 Å². The molecule has 0 bridgehead atoms. The second-order valence-electron chi connectivity index (χ2n) is 6.26. The van der Waals surface area contributed by atoms with Crippen molar-refractivity contribution in [3.05, 3.63) is 65.7 Å². The summed E-state index contributed by atoms with van der Waals surface area (Å²) >= 11 is 0. The van der Waals surface area contributed by atoms with Crippen LogP contribution in [0.2, 0.25) is 0 Å². The van der Waals surface area contributed by atoms with Gasteiger partial charge in [0.1, 0.15) is 6.61 Å². The van der Waals surface area contributed by atoms with E-state index in [9.17, 15) is 14.7 Å². The molecule has 0 saturated heterocycles. The zero-order valence-electron chi connectivity index (χ0n) is 13.0. The van der Waals surface area contributed by atoms with Gasteiger partial charge in [-0.25, -0.2) is 9.59 Å². The summed E-state index contributed by atoms with van der Waals surface area (Å²) in [5.74, 6) is -1.12. The van der Waals surface area contributed by atoms with Gasteiger partial charge in [-0.05, 0) is 30.0 Å². The van der Waals surface area contributed by atoms with E-state index in [0.717, 1.165) is 17.5 Å². The van der Waals surface area contributed by atoms with Crippen LogP contribution in [-0.2, 0) is 16.1 Å². The van der Waals surface area contributed by atoms with Gasteiger partial charge in [0, 0.05) is 5.92 Å². The van der Waals surface area contributed by atoms with Gasteiger partial charge in [0.2, 0.25) is 0 Å². The zero-order chi connectivity index (χ0) is 16.7. The number of ether oxygens (including phenoxy) is 1. The molecule has 2 aromatic rings. The molecule has 2 atom stereocenters. The first kappa shape index (κ1) is 14.8. The fourth-order valence-electron chi connectivity index (χ4n) is 3.84. The highest BCUT2D eigenvalue weighted by Gasteiger charge is 2.65. The van der Waals surface area contributed by atoms with Crippen molar-refractivity contribution in [3.63, 3.8) is 0 Å². The Hall–Kier alpha value is -2.82. The summed E-state index contributed by atoms with van der Waals surface area (Å²) in [7, 11) is 0. The Morgan fingerprint density at radius 1 is 1.12 bits per heavy atom. The molecule has 1 N–H and O–H groups in total. The first-order valence-corrected chi connectivity index (χ1v) is 7.98. The van der Waals surface area contributed by atoms with Gasteiger partial charge in [-0.1, -0.05) is 48.5 Å². The topological polar surface area (TPSA) is 66.8 Å². The monoisotopic (exact) mass is 323 g/mol. The number of carbonyl (C=O) groups excluding carboxylic acids is 1. The maximum Gasteiger partial charge on any atom is 0.415 e. The molecule has 5 heteroatoms. The Labute approximate surface area is 139 Å². The van der Waals surface area contributed by atoms with Gasteiger partial charge >= 0.3 is 12.1 Å². The number of amides is 1.